The fraction of sp³-hybridized carbons (Fsp3) is 0.385. The van der Waals surface area contributed by atoms with Crippen LogP contribution in [0.2, 0.25) is 0 Å². The predicted octanol–water partition coefficient (Wildman–Crippen LogP) is 2.48. The number of amides is 1. The van der Waals surface area contributed by atoms with Crippen molar-refractivity contribution >= 4 is 28.1 Å². The Morgan fingerprint density at radius 1 is 1.50 bits per heavy atom. The Bertz CT molecular complexity index is 446. The zero-order valence-electron chi connectivity index (χ0n) is 10.5. The lowest BCUT2D eigenvalue weighted by molar-refractivity contribution is -0.123. The molecule has 0 saturated heterocycles. The number of halogens is 1. The van der Waals surface area contributed by atoms with E-state index in [1.54, 1.807) is 6.07 Å². The summed E-state index contributed by atoms with van der Waals surface area (Å²) in [6, 6.07) is 3.51. The van der Waals surface area contributed by atoms with E-state index >= 15 is 0 Å². The van der Waals surface area contributed by atoms with Gasteiger partial charge in [0.15, 0.2) is 12.9 Å². The molecule has 0 spiro atoms. The van der Waals surface area contributed by atoms with Gasteiger partial charge in [0.25, 0.3) is 5.91 Å². The summed E-state index contributed by atoms with van der Waals surface area (Å²) in [5, 5.41) is 2.71. The van der Waals surface area contributed by atoms with Gasteiger partial charge in [-0.3, -0.25) is 9.59 Å². The van der Waals surface area contributed by atoms with Crippen molar-refractivity contribution < 1.29 is 14.3 Å². The van der Waals surface area contributed by atoms with Crippen molar-refractivity contribution in [1.29, 1.82) is 0 Å². The van der Waals surface area contributed by atoms with Gasteiger partial charge in [0.2, 0.25) is 0 Å². The molecule has 98 valence electrons. The van der Waals surface area contributed by atoms with Gasteiger partial charge in [0.05, 0.1) is 5.56 Å². The molecule has 0 radical (unpaired) electrons. The molecule has 5 heteroatoms. The molecule has 1 rings (SSSR count). The Balaban J connectivity index is 2.72. The number of carbonyl (C=O) groups excluding carboxylic acids is 2. The van der Waals surface area contributed by atoms with Crippen LogP contribution in [0.1, 0.15) is 29.3 Å². The second-order valence-electron chi connectivity index (χ2n) is 3.90. The second kappa shape index (κ2) is 7.16. The maximum Gasteiger partial charge on any atom is 0.257 e. The molecule has 0 aliphatic rings. The molecule has 0 aliphatic heterocycles. The van der Waals surface area contributed by atoms with Crippen LogP contribution in [-0.2, 0) is 4.79 Å². The van der Waals surface area contributed by atoms with E-state index in [1.807, 2.05) is 19.9 Å². The van der Waals surface area contributed by atoms with Crippen molar-refractivity contribution in [2.75, 3.05) is 13.2 Å². The quantitative estimate of drug-likeness (QED) is 0.821. The van der Waals surface area contributed by atoms with E-state index in [0.29, 0.717) is 17.9 Å². The SMILES string of the molecule is CCCNC(=O)COc1c(C)cc(Br)cc1C=O. The van der Waals surface area contributed by atoms with Crippen LogP contribution in [0.4, 0.5) is 0 Å². The highest BCUT2D eigenvalue weighted by Crippen LogP contribution is 2.26. The van der Waals surface area contributed by atoms with Gasteiger partial charge >= 0.3 is 0 Å². The molecule has 0 aromatic heterocycles. The minimum Gasteiger partial charge on any atom is -0.483 e. The van der Waals surface area contributed by atoms with Crippen molar-refractivity contribution in [1.82, 2.24) is 5.32 Å². The fourth-order valence-corrected chi connectivity index (χ4v) is 2.08. The van der Waals surface area contributed by atoms with Crippen LogP contribution in [-0.4, -0.2) is 25.3 Å². The Labute approximate surface area is 115 Å². The van der Waals surface area contributed by atoms with Crippen LogP contribution in [0.5, 0.6) is 5.75 Å². The van der Waals surface area contributed by atoms with Crippen LogP contribution >= 0.6 is 15.9 Å². The number of ether oxygens (including phenoxy) is 1. The largest absolute Gasteiger partial charge is 0.483 e. The number of aryl methyl sites for hydroxylation is 1. The van der Waals surface area contributed by atoms with E-state index in [1.165, 1.54) is 0 Å². The lowest BCUT2D eigenvalue weighted by atomic mass is 10.1. The third-order valence-electron chi connectivity index (χ3n) is 2.31. The Hall–Kier alpha value is -1.36. The number of aldehydes is 1. The lowest BCUT2D eigenvalue weighted by Gasteiger charge is -2.11. The molecule has 1 aromatic rings. The summed E-state index contributed by atoms with van der Waals surface area (Å²) in [4.78, 5) is 22.4. The van der Waals surface area contributed by atoms with Crippen LogP contribution in [0, 0.1) is 6.92 Å². The first-order chi connectivity index (χ1) is 8.58. The first-order valence-electron chi connectivity index (χ1n) is 5.73. The van der Waals surface area contributed by atoms with E-state index in [9.17, 15) is 9.59 Å². The molecule has 0 fully saturated rings. The van der Waals surface area contributed by atoms with E-state index in [0.717, 1.165) is 22.7 Å². The van der Waals surface area contributed by atoms with E-state index in [2.05, 4.69) is 21.2 Å². The molecule has 0 unspecified atom stereocenters. The summed E-state index contributed by atoms with van der Waals surface area (Å²) in [5.74, 6) is 0.274. The minimum absolute atomic E-state index is 0.0800. The summed E-state index contributed by atoms with van der Waals surface area (Å²) < 4.78 is 6.22. The zero-order valence-corrected chi connectivity index (χ0v) is 12.0. The maximum atomic E-state index is 11.4. The number of benzene rings is 1. The van der Waals surface area contributed by atoms with Crippen molar-refractivity contribution in [2.45, 2.75) is 20.3 Å². The first-order valence-corrected chi connectivity index (χ1v) is 6.52. The van der Waals surface area contributed by atoms with Crippen molar-refractivity contribution in [2.24, 2.45) is 0 Å². The number of carbonyl (C=O) groups is 2. The monoisotopic (exact) mass is 313 g/mol. The molecule has 1 amide bonds. The third kappa shape index (κ3) is 4.14. The molecule has 0 saturated carbocycles. The molecule has 0 heterocycles. The first kappa shape index (κ1) is 14.7. The van der Waals surface area contributed by atoms with Gasteiger partial charge in [-0.2, -0.15) is 0 Å². The van der Waals surface area contributed by atoms with Gasteiger partial charge in [-0.15, -0.1) is 0 Å². The van der Waals surface area contributed by atoms with Gasteiger partial charge in [0.1, 0.15) is 5.75 Å². The Morgan fingerprint density at radius 2 is 2.22 bits per heavy atom. The van der Waals surface area contributed by atoms with E-state index in [-0.39, 0.29) is 12.5 Å². The van der Waals surface area contributed by atoms with Gasteiger partial charge in [-0.05, 0) is 31.0 Å². The lowest BCUT2D eigenvalue weighted by Crippen LogP contribution is -2.29. The van der Waals surface area contributed by atoms with Crippen LogP contribution in [0.25, 0.3) is 0 Å². The Kier molecular flexibility index (Phi) is 5.85. The Morgan fingerprint density at radius 3 is 2.83 bits per heavy atom. The minimum atomic E-state index is -0.184. The smallest absolute Gasteiger partial charge is 0.257 e. The molecule has 4 nitrogen and oxygen atoms in total. The fourth-order valence-electron chi connectivity index (χ4n) is 1.49. The highest BCUT2D eigenvalue weighted by Gasteiger charge is 2.10. The summed E-state index contributed by atoms with van der Waals surface area (Å²) in [5.41, 5.74) is 1.25. The molecule has 1 N–H and O–H groups in total. The molecule has 0 atom stereocenters. The van der Waals surface area contributed by atoms with Crippen LogP contribution in [0.3, 0.4) is 0 Å². The number of hydrogen-bond donors (Lipinski definition) is 1. The third-order valence-corrected chi connectivity index (χ3v) is 2.77. The molecule has 0 aliphatic carbocycles. The normalized spacial score (nSPS) is 9.94. The van der Waals surface area contributed by atoms with Crippen LogP contribution in [0.15, 0.2) is 16.6 Å². The maximum absolute atomic E-state index is 11.4. The van der Waals surface area contributed by atoms with Gasteiger partial charge < -0.3 is 10.1 Å². The summed E-state index contributed by atoms with van der Waals surface area (Å²) in [6.45, 7) is 4.35. The summed E-state index contributed by atoms with van der Waals surface area (Å²) in [6.07, 6.45) is 1.60. The van der Waals surface area contributed by atoms with Crippen molar-refractivity contribution in [3.8, 4) is 5.75 Å². The molecular weight excluding hydrogens is 298 g/mol. The topological polar surface area (TPSA) is 55.4 Å². The number of nitrogens with one attached hydrogen (secondary N) is 1. The average Bonchev–Trinajstić information content (AvgIpc) is 2.34. The zero-order chi connectivity index (χ0) is 13.5. The molecule has 1 aromatic carbocycles. The predicted molar refractivity (Wildman–Crippen MR) is 73.1 cm³/mol. The highest BCUT2D eigenvalue weighted by molar-refractivity contribution is 9.10. The second-order valence-corrected chi connectivity index (χ2v) is 4.81. The van der Waals surface area contributed by atoms with Gasteiger partial charge in [-0.1, -0.05) is 22.9 Å². The number of rotatable bonds is 6. The van der Waals surface area contributed by atoms with Crippen molar-refractivity contribution in [3.05, 3.63) is 27.7 Å². The highest BCUT2D eigenvalue weighted by atomic mass is 79.9. The summed E-state index contributed by atoms with van der Waals surface area (Å²) >= 11 is 3.31. The number of hydrogen-bond acceptors (Lipinski definition) is 3. The van der Waals surface area contributed by atoms with Gasteiger partial charge in [-0.25, -0.2) is 0 Å². The summed E-state index contributed by atoms with van der Waals surface area (Å²) in [7, 11) is 0. The van der Waals surface area contributed by atoms with E-state index < -0.39 is 0 Å². The van der Waals surface area contributed by atoms with Crippen LogP contribution < -0.4 is 10.1 Å². The molecular formula is C13H16BrNO3. The molecule has 0 bridgehead atoms. The van der Waals surface area contributed by atoms with Crippen molar-refractivity contribution in [3.63, 3.8) is 0 Å². The standard InChI is InChI=1S/C13H16BrNO3/c1-3-4-15-12(17)8-18-13-9(2)5-11(14)6-10(13)7-16/h5-7H,3-4,8H2,1-2H3,(H,15,17). The molecule has 18 heavy (non-hydrogen) atoms. The van der Waals surface area contributed by atoms with Gasteiger partial charge in [0, 0.05) is 11.0 Å². The average molecular weight is 314 g/mol. The van der Waals surface area contributed by atoms with E-state index in [4.69, 9.17) is 4.74 Å².